The minimum absolute atomic E-state index is 0.0960. The summed E-state index contributed by atoms with van der Waals surface area (Å²) in [5.74, 6) is 0.532. The first kappa shape index (κ1) is 19.6. The van der Waals surface area contributed by atoms with Crippen LogP contribution in [0.3, 0.4) is 0 Å². The quantitative estimate of drug-likeness (QED) is 0.538. The van der Waals surface area contributed by atoms with Gasteiger partial charge in [-0.25, -0.2) is 0 Å². The van der Waals surface area contributed by atoms with Gasteiger partial charge in [0.2, 0.25) is 0 Å². The molecule has 3 rings (SSSR count). The number of amides is 1. The fourth-order valence-corrected chi connectivity index (χ4v) is 3.01. The van der Waals surface area contributed by atoms with Gasteiger partial charge in [0.1, 0.15) is 18.0 Å². The van der Waals surface area contributed by atoms with Crippen LogP contribution >= 0.6 is 0 Å². The smallest absolute Gasteiger partial charge is 0.293 e. The Bertz CT molecular complexity index is 822. The third-order valence-corrected chi connectivity index (χ3v) is 4.57. The number of nitro benzene ring substituents is 1. The van der Waals surface area contributed by atoms with Gasteiger partial charge in [0.25, 0.3) is 11.6 Å². The molecule has 0 saturated carbocycles. The number of benzene rings is 2. The zero-order chi connectivity index (χ0) is 19.9. The molecular formula is C20H23N3O5. The summed E-state index contributed by atoms with van der Waals surface area (Å²) in [5, 5.41) is 11.6. The Morgan fingerprint density at radius 3 is 2.61 bits per heavy atom. The summed E-state index contributed by atoms with van der Waals surface area (Å²) in [7, 11) is 1.76. The summed E-state index contributed by atoms with van der Waals surface area (Å²) < 4.78 is 10.9. The number of hydrogen-bond donors (Lipinski definition) is 0. The number of carbonyl (C=O) groups is 1. The van der Waals surface area contributed by atoms with Gasteiger partial charge in [-0.15, -0.1) is 0 Å². The van der Waals surface area contributed by atoms with Crippen LogP contribution in [0.5, 0.6) is 5.75 Å². The molecule has 1 aliphatic rings. The highest BCUT2D eigenvalue weighted by molar-refractivity contribution is 5.95. The first-order valence-electron chi connectivity index (χ1n) is 9.10. The van der Waals surface area contributed by atoms with Gasteiger partial charge >= 0.3 is 0 Å². The van der Waals surface area contributed by atoms with Gasteiger partial charge in [0.05, 0.1) is 24.7 Å². The third kappa shape index (κ3) is 4.77. The molecule has 2 aromatic rings. The molecule has 1 heterocycles. The number of ether oxygens (including phenoxy) is 2. The molecule has 0 spiro atoms. The van der Waals surface area contributed by atoms with Crippen molar-refractivity contribution in [3.8, 4) is 5.75 Å². The van der Waals surface area contributed by atoms with E-state index in [9.17, 15) is 14.9 Å². The second-order valence-corrected chi connectivity index (χ2v) is 6.45. The summed E-state index contributed by atoms with van der Waals surface area (Å²) in [6.07, 6.45) is 0. The molecule has 8 heteroatoms. The van der Waals surface area contributed by atoms with Crippen molar-refractivity contribution in [1.29, 1.82) is 0 Å². The molecule has 0 bridgehead atoms. The molecule has 148 valence electrons. The minimum Gasteiger partial charge on any atom is -0.492 e. The molecule has 0 radical (unpaired) electrons. The van der Waals surface area contributed by atoms with Crippen LogP contribution in [0.1, 0.15) is 10.4 Å². The molecule has 1 fully saturated rings. The number of anilines is 1. The number of rotatable bonds is 7. The molecule has 0 atom stereocenters. The standard InChI is InChI=1S/C20H23N3O5/c1-21(9-14-28-17-5-3-2-4-6-17)18-8-7-16(15-19(18)23(25)26)20(24)22-10-12-27-13-11-22/h2-8,15H,9-14H2,1H3. The number of likely N-dealkylation sites (N-methyl/N-ethyl adjacent to an activating group) is 1. The van der Waals surface area contributed by atoms with E-state index in [1.807, 2.05) is 30.3 Å². The van der Waals surface area contributed by atoms with Crippen LogP contribution in [0.25, 0.3) is 0 Å². The Kier molecular flexibility index (Phi) is 6.44. The van der Waals surface area contributed by atoms with Crippen LogP contribution in [-0.4, -0.2) is 62.2 Å². The van der Waals surface area contributed by atoms with Crippen LogP contribution in [0.4, 0.5) is 11.4 Å². The maximum atomic E-state index is 12.6. The Morgan fingerprint density at radius 1 is 1.21 bits per heavy atom. The van der Waals surface area contributed by atoms with Crippen molar-refractivity contribution in [2.45, 2.75) is 0 Å². The summed E-state index contributed by atoms with van der Waals surface area (Å²) in [4.78, 5) is 27.1. The lowest BCUT2D eigenvalue weighted by atomic mass is 10.1. The maximum Gasteiger partial charge on any atom is 0.293 e. The first-order chi connectivity index (χ1) is 13.6. The molecule has 2 aromatic carbocycles. The number of carbonyl (C=O) groups excluding carboxylic acids is 1. The third-order valence-electron chi connectivity index (χ3n) is 4.57. The number of para-hydroxylation sites is 1. The highest BCUT2D eigenvalue weighted by atomic mass is 16.6. The van der Waals surface area contributed by atoms with Crippen LogP contribution in [0.15, 0.2) is 48.5 Å². The van der Waals surface area contributed by atoms with E-state index in [-0.39, 0.29) is 11.6 Å². The van der Waals surface area contributed by atoms with Gasteiger partial charge in [-0.05, 0) is 24.3 Å². The molecule has 1 saturated heterocycles. The number of morpholine rings is 1. The Balaban J connectivity index is 1.69. The van der Waals surface area contributed by atoms with Crippen LogP contribution < -0.4 is 9.64 Å². The van der Waals surface area contributed by atoms with Gasteiger partial charge in [0, 0.05) is 31.8 Å². The molecule has 0 aliphatic carbocycles. The van der Waals surface area contributed by atoms with Crippen molar-refractivity contribution in [2.75, 3.05) is 51.4 Å². The monoisotopic (exact) mass is 385 g/mol. The molecule has 8 nitrogen and oxygen atoms in total. The van der Waals surface area contributed by atoms with Crippen molar-refractivity contribution in [1.82, 2.24) is 4.90 Å². The molecular weight excluding hydrogens is 362 g/mol. The van der Waals surface area contributed by atoms with E-state index < -0.39 is 4.92 Å². The molecule has 28 heavy (non-hydrogen) atoms. The predicted molar refractivity (Wildman–Crippen MR) is 105 cm³/mol. The molecule has 0 aromatic heterocycles. The van der Waals surface area contributed by atoms with Gasteiger partial charge in [-0.1, -0.05) is 18.2 Å². The van der Waals surface area contributed by atoms with Crippen molar-refractivity contribution < 1.29 is 19.2 Å². The lowest BCUT2D eigenvalue weighted by Crippen LogP contribution is -2.40. The molecule has 1 aliphatic heterocycles. The van der Waals surface area contributed by atoms with Gasteiger partial charge in [-0.3, -0.25) is 14.9 Å². The van der Waals surface area contributed by atoms with E-state index in [1.165, 1.54) is 6.07 Å². The number of hydrogen-bond acceptors (Lipinski definition) is 6. The average Bonchev–Trinajstić information content (AvgIpc) is 2.74. The largest absolute Gasteiger partial charge is 0.492 e. The molecule has 0 unspecified atom stereocenters. The number of nitro groups is 1. The van der Waals surface area contributed by atoms with Crippen LogP contribution in [-0.2, 0) is 4.74 Å². The number of nitrogens with zero attached hydrogens (tertiary/aromatic N) is 3. The highest BCUT2D eigenvalue weighted by Crippen LogP contribution is 2.29. The van der Waals surface area contributed by atoms with Crippen LogP contribution in [0, 0.1) is 10.1 Å². The minimum atomic E-state index is -0.458. The zero-order valence-corrected chi connectivity index (χ0v) is 15.7. The van der Waals surface area contributed by atoms with Gasteiger partial charge < -0.3 is 19.3 Å². The van der Waals surface area contributed by atoms with E-state index in [4.69, 9.17) is 9.47 Å². The SMILES string of the molecule is CN(CCOc1ccccc1)c1ccc(C(=O)N2CCOCC2)cc1[N+](=O)[O-]. The maximum absolute atomic E-state index is 12.6. The highest BCUT2D eigenvalue weighted by Gasteiger charge is 2.24. The Labute approximate surface area is 163 Å². The van der Waals surface area contributed by atoms with E-state index in [1.54, 1.807) is 29.0 Å². The van der Waals surface area contributed by atoms with Gasteiger partial charge in [-0.2, -0.15) is 0 Å². The van der Waals surface area contributed by atoms with Crippen molar-refractivity contribution in [2.24, 2.45) is 0 Å². The molecule has 1 amide bonds. The lowest BCUT2D eigenvalue weighted by Gasteiger charge is -2.27. The fraction of sp³-hybridized carbons (Fsp3) is 0.350. The average molecular weight is 385 g/mol. The fourth-order valence-electron chi connectivity index (χ4n) is 3.01. The topological polar surface area (TPSA) is 85.2 Å². The molecule has 0 N–H and O–H groups in total. The van der Waals surface area contributed by atoms with Crippen molar-refractivity contribution in [3.05, 3.63) is 64.2 Å². The van der Waals surface area contributed by atoms with Gasteiger partial charge in [0.15, 0.2) is 0 Å². The second kappa shape index (κ2) is 9.18. The Hall–Kier alpha value is -3.13. The van der Waals surface area contributed by atoms with E-state index in [2.05, 4.69) is 0 Å². The lowest BCUT2D eigenvalue weighted by molar-refractivity contribution is -0.384. The van der Waals surface area contributed by atoms with Crippen molar-refractivity contribution >= 4 is 17.3 Å². The van der Waals surface area contributed by atoms with E-state index in [0.29, 0.717) is 50.7 Å². The normalized spacial score (nSPS) is 13.8. The van der Waals surface area contributed by atoms with Crippen LogP contribution in [0.2, 0.25) is 0 Å². The summed E-state index contributed by atoms with van der Waals surface area (Å²) in [6.45, 7) is 2.79. The Morgan fingerprint density at radius 2 is 1.93 bits per heavy atom. The summed E-state index contributed by atoms with van der Waals surface area (Å²) in [6, 6.07) is 14.0. The summed E-state index contributed by atoms with van der Waals surface area (Å²) in [5.41, 5.74) is 0.660. The summed E-state index contributed by atoms with van der Waals surface area (Å²) >= 11 is 0. The predicted octanol–water partition coefficient (Wildman–Crippen LogP) is 2.58. The van der Waals surface area contributed by atoms with E-state index >= 15 is 0 Å². The second-order valence-electron chi connectivity index (χ2n) is 6.45. The zero-order valence-electron chi connectivity index (χ0n) is 15.7. The van der Waals surface area contributed by atoms with E-state index in [0.717, 1.165) is 5.75 Å². The first-order valence-corrected chi connectivity index (χ1v) is 9.10. The van der Waals surface area contributed by atoms with Crippen molar-refractivity contribution in [3.63, 3.8) is 0 Å².